The first kappa shape index (κ1) is 16.0. The van der Waals surface area contributed by atoms with E-state index in [0.29, 0.717) is 13.0 Å². The van der Waals surface area contributed by atoms with Crippen molar-refractivity contribution >= 4 is 5.97 Å². The third-order valence-electron chi connectivity index (χ3n) is 4.23. The van der Waals surface area contributed by atoms with E-state index >= 15 is 0 Å². The Morgan fingerprint density at radius 1 is 1.29 bits per heavy atom. The molecule has 0 aliphatic carbocycles. The minimum Gasteiger partial charge on any atom is -0.481 e. The Labute approximate surface area is 126 Å². The Morgan fingerprint density at radius 3 is 2.57 bits per heavy atom. The van der Waals surface area contributed by atoms with Crippen molar-refractivity contribution in [3.8, 4) is 0 Å². The monoisotopic (exact) mass is 291 g/mol. The van der Waals surface area contributed by atoms with Gasteiger partial charge < -0.3 is 10.2 Å². The lowest BCUT2D eigenvalue weighted by Gasteiger charge is -2.34. The Morgan fingerprint density at radius 2 is 1.95 bits per heavy atom. The average molecular weight is 291 g/mol. The van der Waals surface area contributed by atoms with Crippen molar-refractivity contribution in [3.63, 3.8) is 0 Å². The highest BCUT2D eigenvalue weighted by atomic mass is 16.4. The van der Waals surface area contributed by atoms with Crippen LogP contribution in [0.4, 0.5) is 0 Å². The molecule has 2 rings (SSSR count). The number of likely N-dealkylation sites (tertiary alicyclic amines) is 1. The molecule has 0 amide bonds. The topological polar surface area (TPSA) is 60.8 Å². The summed E-state index contributed by atoms with van der Waals surface area (Å²) in [6.45, 7) is 4.12. The summed E-state index contributed by atoms with van der Waals surface area (Å²) in [5.74, 6) is -1.57. The minimum absolute atomic E-state index is 0.425. The molecule has 0 saturated carbocycles. The number of hydrogen-bond donors (Lipinski definition) is 2. The Hall–Kier alpha value is -1.39. The molecule has 0 aromatic heterocycles. The van der Waals surface area contributed by atoms with E-state index in [-0.39, 0.29) is 0 Å². The van der Waals surface area contributed by atoms with Gasteiger partial charge in [0.1, 0.15) is 0 Å². The summed E-state index contributed by atoms with van der Waals surface area (Å²) >= 11 is 0. The molecule has 4 nitrogen and oxygen atoms in total. The Kier molecular flexibility index (Phi) is 5.76. The second-order valence-corrected chi connectivity index (χ2v) is 5.96. The van der Waals surface area contributed by atoms with Crippen molar-refractivity contribution in [2.24, 2.45) is 5.92 Å². The van der Waals surface area contributed by atoms with E-state index in [1.54, 1.807) is 0 Å². The summed E-state index contributed by atoms with van der Waals surface area (Å²) in [6, 6.07) is 8.59. The molecule has 1 saturated heterocycles. The van der Waals surface area contributed by atoms with Gasteiger partial charge in [-0.2, -0.15) is 0 Å². The Bertz CT molecular complexity index is 458. The number of carbonyl (C=O) groups is 1. The maximum atomic E-state index is 11.1. The van der Waals surface area contributed by atoms with Crippen molar-refractivity contribution in [2.75, 3.05) is 13.1 Å². The molecule has 1 heterocycles. The van der Waals surface area contributed by atoms with E-state index in [4.69, 9.17) is 5.11 Å². The lowest BCUT2D eigenvalue weighted by atomic mass is 9.94. The van der Waals surface area contributed by atoms with Gasteiger partial charge in [0.05, 0.1) is 12.0 Å². The van der Waals surface area contributed by atoms with Gasteiger partial charge in [-0.1, -0.05) is 37.6 Å². The summed E-state index contributed by atoms with van der Waals surface area (Å²) < 4.78 is 0. The van der Waals surface area contributed by atoms with E-state index in [1.807, 2.05) is 0 Å². The molecule has 0 spiro atoms. The molecular formula is C17H25NO3. The van der Waals surface area contributed by atoms with E-state index in [9.17, 15) is 9.90 Å². The van der Waals surface area contributed by atoms with Gasteiger partial charge in [-0.05, 0) is 30.4 Å². The van der Waals surface area contributed by atoms with Crippen LogP contribution in [0.2, 0.25) is 0 Å². The number of aliphatic hydroxyl groups is 1. The first-order valence-corrected chi connectivity index (χ1v) is 7.81. The van der Waals surface area contributed by atoms with Crippen LogP contribution in [0, 0.1) is 5.92 Å². The third-order valence-corrected chi connectivity index (χ3v) is 4.23. The average Bonchev–Trinajstić information content (AvgIpc) is 2.48. The predicted molar refractivity (Wildman–Crippen MR) is 82.1 cm³/mol. The molecule has 0 bridgehead atoms. The summed E-state index contributed by atoms with van der Waals surface area (Å²) in [6.07, 6.45) is 3.35. The number of piperidine rings is 1. The van der Waals surface area contributed by atoms with Gasteiger partial charge in [-0.25, -0.2) is 0 Å². The molecule has 1 fully saturated rings. The molecule has 2 atom stereocenters. The summed E-state index contributed by atoms with van der Waals surface area (Å²) in [5, 5.41) is 18.9. The third kappa shape index (κ3) is 4.55. The fourth-order valence-corrected chi connectivity index (χ4v) is 2.84. The molecule has 0 unspecified atom stereocenters. The molecular weight excluding hydrogens is 266 g/mol. The lowest BCUT2D eigenvalue weighted by molar-refractivity contribution is -0.149. The number of carboxylic acid groups (broad SMARTS) is 1. The van der Waals surface area contributed by atoms with Gasteiger partial charge in [0.2, 0.25) is 0 Å². The van der Waals surface area contributed by atoms with Crippen LogP contribution in [0.3, 0.4) is 0 Å². The second kappa shape index (κ2) is 7.57. The van der Waals surface area contributed by atoms with Crippen LogP contribution in [0.1, 0.15) is 37.3 Å². The van der Waals surface area contributed by atoms with E-state index in [1.165, 1.54) is 24.0 Å². The van der Waals surface area contributed by atoms with Gasteiger partial charge in [0.25, 0.3) is 0 Å². The fourth-order valence-electron chi connectivity index (χ4n) is 2.84. The minimum atomic E-state index is -0.901. The van der Waals surface area contributed by atoms with Crippen molar-refractivity contribution < 1.29 is 15.0 Å². The maximum absolute atomic E-state index is 11.1. The second-order valence-electron chi connectivity index (χ2n) is 5.96. The summed E-state index contributed by atoms with van der Waals surface area (Å²) in [4.78, 5) is 13.2. The van der Waals surface area contributed by atoms with Gasteiger partial charge in [-0.3, -0.25) is 9.69 Å². The van der Waals surface area contributed by atoms with Gasteiger partial charge in [0.15, 0.2) is 0 Å². The van der Waals surface area contributed by atoms with Crippen molar-refractivity contribution in [2.45, 2.75) is 45.3 Å². The van der Waals surface area contributed by atoms with Crippen LogP contribution in [0.5, 0.6) is 0 Å². The van der Waals surface area contributed by atoms with Crippen LogP contribution >= 0.6 is 0 Å². The number of nitrogens with zero attached hydrogens (tertiary/aromatic N) is 1. The molecule has 4 heteroatoms. The van der Waals surface area contributed by atoms with Crippen LogP contribution in [0.15, 0.2) is 24.3 Å². The SMILES string of the molecule is CCCCc1ccc(CN2CC[C@H](O)[C@@H](C(=O)O)C2)cc1. The number of unbranched alkanes of at least 4 members (excludes halogenated alkanes) is 1. The Balaban J connectivity index is 1.90. The molecule has 116 valence electrons. The zero-order valence-electron chi connectivity index (χ0n) is 12.7. The van der Waals surface area contributed by atoms with Crippen molar-refractivity contribution in [1.82, 2.24) is 4.90 Å². The number of aryl methyl sites for hydroxylation is 1. The molecule has 21 heavy (non-hydrogen) atoms. The maximum Gasteiger partial charge on any atom is 0.310 e. The van der Waals surface area contributed by atoms with Gasteiger partial charge in [0, 0.05) is 19.6 Å². The molecule has 1 aromatic rings. The zero-order chi connectivity index (χ0) is 15.2. The highest BCUT2D eigenvalue weighted by Gasteiger charge is 2.32. The quantitative estimate of drug-likeness (QED) is 0.844. The molecule has 1 aromatic carbocycles. The highest BCUT2D eigenvalue weighted by molar-refractivity contribution is 5.71. The summed E-state index contributed by atoms with van der Waals surface area (Å²) in [7, 11) is 0. The largest absolute Gasteiger partial charge is 0.481 e. The van der Waals surface area contributed by atoms with E-state index in [0.717, 1.165) is 19.5 Å². The molecule has 1 aliphatic rings. The smallest absolute Gasteiger partial charge is 0.310 e. The number of rotatable bonds is 6. The predicted octanol–water partition coefficient (Wildman–Crippen LogP) is 2.30. The standard InChI is InChI=1S/C17H25NO3/c1-2-3-4-13-5-7-14(8-6-13)11-18-10-9-16(19)15(12-18)17(20)21/h5-8,15-16,19H,2-4,9-12H2,1H3,(H,20,21)/t15-,16-/m0/s1. The molecule has 2 N–H and O–H groups in total. The molecule has 0 radical (unpaired) electrons. The number of hydrogen-bond acceptors (Lipinski definition) is 3. The molecule has 1 aliphatic heterocycles. The first-order chi connectivity index (χ1) is 10.1. The normalized spacial score (nSPS) is 23.1. The van der Waals surface area contributed by atoms with Gasteiger partial charge in [-0.15, -0.1) is 0 Å². The summed E-state index contributed by atoms with van der Waals surface area (Å²) in [5.41, 5.74) is 2.56. The number of carboxylic acids is 1. The fraction of sp³-hybridized carbons (Fsp3) is 0.588. The van der Waals surface area contributed by atoms with E-state index < -0.39 is 18.0 Å². The van der Waals surface area contributed by atoms with Crippen molar-refractivity contribution in [1.29, 1.82) is 0 Å². The van der Waals surface area contributed by atoms with Gasteiger partial charge >= 0.3 is 5.97 Å². The van der Waals surface area contributed by atoms with Crippen LogP contribution in [-0.2, 0) is 17.8 Å². The van der Waals surface area contributed by atoms with Crippen LogP contribution in [0.25, 0.3) is 0 Å². The number of aliphatic hydroxyl groups excluding tert-OH is 1. The number of benzene rings is 1. The van der Waals surface area contributed by atoms with Crippen molar-refractivity contribution in [3.05, 3.63) is 35.4 Å². The zero-order valence-corrected chi connectivity index (χ0v) is 12.7. The van der Waals surface area contributed by atoms with E-state index in [2.05, 4.69) is 36.1 Å². The first-order valence-electron chi connectivity index (χ1n) is 7.81. The lowest BCUT2D eigenvalue weighted by Crippen LogP contribution is -2.46. The highest BCUT2D eigenvalue weighted by Crippen LogP contribution is 2.20. The van der Waals surface area contributed by atoms with Crippen LogP contribution < -0.4 is 0 Å². The number of aliphatic carboxylic acids is 1. The van der Waals surface area contributed by atoms with Crippen LogP contribution in [-0.4, -0.2) is 40.3 Å².